The first-order chi connectivity index (χ1) is 13.3. The number of nitrogens with zero attached hydrogens (tertiary/aromatic N) is 1. The number of anilines is 1. The third-order valence-corrected chi connectivity index (χ3v) is 5.54. The van der Waals surface area contributed by atoms with Gasteiger partial charge in [-0.1, -0.05) is 60.7 Å². The molecule has 4 rings (SSSR count). The van der Waals surface area contributed by atoms with E-state index < -0.39 is 0 Å². The molecule has 0 radical (unpaired) electrons. The Morgan fingerprint density at radius 2 is 1.59 bits per heavy atom. The highest BCUT2D eigenvalue weighted by Gasteiger charge is 2.26. The highest BCUT2D eigenvalue weighted by atomic mass is 16.1. The van der Waals surface area contributed by atoms with Crippen LogP contribution in [0.2, 0.25) is 0 Å². The molecular formula is C25H25NO. The first-order valence-corrected chi connectivity index (χ1v) is 9.76. The Bertz CT molecular complexity index is 889. The Kier molecular flexibility index (Phi) is 5.34. The normalized spacial score (nSPS) is 16.0. The molecule has 1 atom stereocenters. The Balaban J connectivity index is 1.60. The van der Waals surface area contributed by atoms with E-state index in [0.717, 1.165) is 44.1 Å². The van der Waals surface area contributed by atoms with Crippen molar-refractivity contribution in [2.75, 3.05) is 11.4 Å². The Hall–Kier alpha value is -2.87. The van der Waals surface area contributed by atoms with Crippen molar-refractivity contribution in [3.05, 3.63) is 101 Å². The van der Waals surface area contributed by atoms with Crippen LogP contribution in [0, 0.1) is 0 Å². The summed E-state index contributed by atoms with van der Waals surface area (Å²) in [5, 5.41) is 0. The summed E-state index contributed by atoms with van der Waals surface area (Å²) >= 11 is 0. The van der Waals surface area contributed by atoms with Gasteiger partial charge in [0.25, 0.3) is 0 Å². The number of benzene rings is 3. The molecule has 1 heterocycles. The minimum Gasteiger partial charge on any atom is -0.368 e. The lowest BCUT2D eigenvalue weighted by atomic mass is 9.90. The average Bonchev–Trinajstić information content (AvgIpc) is 2.74. The van der Waals surface area contributed by atoms with Crippen LogP contribution in [0.3, 0.4) is 0 Å². The molecule has 3 aromatic carbocycles. The van der Waals surface area contributed by atoms with Gasteiger partial charge >= 0.3 is 0 Å². The molecular weight excluding hydrogens is 330 g/mol. The Labute approximate surface area is 161 Å². The molecule has 0 saturated heterocycles. The highest BCUT2D eigenvalue weighted by molar-refractivity contribution is 5.77. The van der Waals surface area contributed by atoms with Crippen molar-refractivity contribution in [3.8, 4) is 0 Å². The number of hydrogen-bond donors (Lipinski definition) is 0. The molecule has 0 saturated carbocycles. The van der Waals surface area contributed by atoms with Crippen LogP contribution in [0.4, 0.5) is 5.69 Å². The standard InChI is InChI=1S/C25H25NO/c27-19-22-11-14-25-23(17-22)12-13-24(18-21-9-5-2-6-10-21)26(25)16-15-20-7-3-1-4-8-20/h1-11,14,17,19,24H,12-13,15-16,18H2. The Morgan fingerprint density at radius 3 is 2.30 bits per heavy atom. The lowest BCUT2D eigenvalue weighted by molar-refractivity contribution is 0.112. The van der Waals surface area contributed by atoms with Crippen LogP contribution in [0.5, 0.6) is 0 Å². The van der Waals surface area contributed by atoms with Crippen molar-refractivity contribution >= 4 is 12.0 Å². The van der Waals surface area contributed by atoms with Gasteiger partial charge < -0.3 is 4.90 Å². The third-order valence-electron chi connectivity index (χ3n) is 5.54. The number of aryl methyl sites for hydroxylation is 1. The van der Waals surface area contributed by atoms with Gasteiger partial charge in [-0.05, 0) is 60.6 Å². The third kappa shape index (κ3) is 4.11. The van der Waals surface area contributed by atoms with Gasteiger partial charge in [0.05, 0.1) is 0 Å². The van der Waals surface area contributed by atoms with E-state index >= 15 is 0 Å². The smallest absolute Gasteiger partial charge is 0.150 e. The van der Waals surface area contributed by atoms with Crippen molar-refractivity contribution in [1.29, 1.82) is 0 Å². The van der Waals surface area contributed by atoms with E-state index in [9.17, 15) is 4.79 Å². The molecule has 0 fully saturated rings. The van der Waals surface area contributed by atoms with Crippen molar-refractivity contribution < 1.29 is 4.79 Å². The second-order valence-electron chi connectivity index (χ2n) is 7.32. The minimum absolute atomic E-state index is 0.491. The quantitative estimate of drug-likeness (QED) is 0.573. The van der Waals surface area contributed by atoms with Gasteiger partial charge in [-0.2, -0.15) is 0 Å². The number of fused-ring (bicyclic) bond motifs is 1. The molecule has 27 heavy (non-hydrogen) atoms. The van der Waals surface area contributed by atoms with E-state index in [1.165, 1.54) is 22.4 Å². The van der Waals surface area contributed by atoms with Gasteiger partial charge in [0.1, 0.15) is 6.29 Å². The summed E-state index contributed by atoms with van der Waals surface area (Å²) in [6, 6.07) is 28.1. The van der Waals surface area contributed by atoms with Gasteiger partial charge in [-0.25, -0.2) is 0 Å². The predicted molar refractivity (Wildman–Crippen MR) is 112 cm³/mol. The zero-order valence-corrected chi connectivity index (χ0v) is 15.6. The fraction of sp³-hybridized carbons (Fsp3) is 0.240. The summed E-state index contributed by atoms with van der Waals surface area (Å²) in [6.07, 6.45) is 5.20. The van der Waals surface area contributed by atoms with Crippen molar-refractivity contribution in [3.63, 3.8) is 0 Å². The Morgan fingerprint density at radius 1 is 0.889 bits per heavy atom. The van der Waals surface area contributed by atoms with E-state index in [-0.39, 0.29) is 0 Å². The number of hydrogen-bond acceptors (Lipinski definition) is 2. The first-order valence-electron chi connectivity index (χ1n) is 9.76. The van der Waals surface area contributed by atoms with Crippen molar-refractivity contribution in [2.45, 2.75) is 31.7 Å². The molecule has 2 heteroatoms. The van der Waals surface area contributed by atoms with Gasteiger partial charge in [-0.3, -0.25) is 4.79 Å². The van der Waals surface area contributed by atoms with Gasteiger partial charge in [0.15, 0.2) is 0 Å². The summed E-state index contributed by atoms with van der Waals surface area (Å²) in [4.78, 5) is 13.7. The summed E-state index contributed by atoms with van der Waals surface area (Å²) in [7, 11) is 0. The predicted octanol–water partition coefficient (Wildman–Crippen LogP) is 5.11. The topological polar surface area (TPSA) is 20.3 Å². The molecule has 0 spiro atoms. The number of rotatable bonds is 6. The number of aldehydes is 1. The summed E-state index contributed by atoms with van der Waals surface area (Å²) in [5.74, 6) is 0. The van der Waals surface area contributed by atoms with Crippen molar-refractivity contribution in [1.82, 2.24) is 0 Å². The molecule has 0 aromatic heterocycles. The number of carbonyl (C=O) groups is 1. The molecule has 136 valence electrons. The van der Waals surface area contributed by atoms with Gasteiger partial charge in [0, 0.05) is 23.8 Å². The molecule has 1 aliphatic heterocycles. The lowest BCUT2D eigenvalue weighted by Gasteiger charge is -2.39. The average molecular weight is 355 g/mol. The van der Waals surface area contributed by atoms with Crippen LogP contribution in [-0.4, -0.2) is 18.9 Å². The molecule has 0 bridgehead atoms. The van der Waals surface area contributed by atoms with Crippen LogP contribution in [0.15, 0.2) is 78.9 Å². The van der Waals surface area contributed by atoms with Crippen LogP contribution >= 0.6 is 0 Å². The van der Waals surface area contributed by atoms with E-state index in [4.69, 9.17) is 0 Å². The van der Waals surface area contributed by atoms with Gasteiger partial charge in [-0.15, -0.1) is 0 Å². The SMILES string of the molecule is O=Cc1ccc2c(c1)CCC(Cc1ccccc1)N2CCc1ccccc1. The second kappa shape index (κ2) is 8.22. The van der Waals surface area contributed by atoms with E-state index in [1.54, 1.807) is 0 Å². The molecule has 2 nitrogen and oxygen atoms in total. The van der Waals surface area contributed by atoms with E-state index in [1.807, 2.05) is 6.07 Å². The zero-order chi connectivity index (χ0) is 18.5. The van der Waals surface area contributed by atoms with Crippen LogP contribution in [-0.2, 0) is 19.3 Å². The maximum Gasteiger partial charge on any atom is 0.150 e. The van der Waals surface area contributed by atoms with Gasteiger partial charge in [0.2, 0.25) is 0 Å². The summed E-state index contributed by atoms with van der Waals surface area (Å²) < 4.78 is 0. The molecule has 0 amide bonds. The molecule has 3 aromatic rings. The largest absolute Gasteiger partial charge is 0.368 e. The maximum absolute atomic E-state index is 11.2. The summed E-state index contributed by atoms with van der Waals surface area (Å²) in [6.45, 7) is 0.995. The molecule has 1 unspecified atom stereocenters. The van der Waals surface area contributed by atoms with Crippen molar-refractivity contribution in [2.24, 2.45) is 0 Å². The zero-order valence-electron chi connectivity index (χ0n) is 15.6. The molecule has 0 N–H and O–H groups in total. The maximum atomic E-state index is 11.2. The van der Waals surface area contributed by atoms with Crippen LogP contribution in [0.1, 0.15) is 33.5 Å². The first kappa shape index (κ1) is 17.5. The van der Waals surface area contributed by atoms with E-state index in [0.29, 0.717) is 6.04 Å². The van der Waals surface area contributed by atoms with Crippen LogP contribution < -0.4 is 4.90 Å². The fourth-order valence-electron chi connectivity index (χ4n) is 4.13. The monoisotopic (exact) mass is 355 g/mol. The fourth-order valence-corrected chi connectivity index (χ4v) is 4.13. The molecule has 1 aliphatic rings. The van der Waals surface area contributed by atoms with Crippen LogP contribution in [0.25, 0.3) is 0 Å². The second-order valence-corrected chi connectivity index (χ2v) is 7.32. The lowest BCUT2D eigenvalue weighted by Crippen LogP contribution is -2.42. The molecule has 0 aliphatic carbocycles. The summed E-state index contributed by atoms with van der Waals surface area (Å²) in [5.41, 5.74) is 6.13. The van der Waals surface area contributed by atoms with E-state index in [2.05, 4.69) is 77.7 Å². The minimum atomic E-state index is 0.491. The highest BCUT2D eigenvalue weighted by Crippen LogP contribution is 2.33. The number of carbonyl (C=O) groups excluding carboxylic acids is 1.